The van der Waals surface area contributed by atoms with Gasteiger partial charge in [-0.05, 0) is 0 Å². The molecule has 0 unspecified atom stereocenters. The lowest BCUT2D eigenvalue weighted by Crippen LogP contribution is -2.38. The molecule has 0 saturated heterocycles. The van der Waals surface area contributed by atoms with E-state index in [1.807, 2.05) is 0 Å². The average molecular weight is 184 g/mol. The van der Waals surface area contributed by atoms with Gasteiger partial charge in [0.2, 0.25) is 0 Å². The van der Waals surface area contributed by atoms with E-state index in [1.165, 1.54) is 14.1 Å². The van der Waals surface area contributed by atoms with Crippen molar-refractivity contribution in [2.75, 3.05) is 21.1 Å². The summed E-state index contributed by atoms with van der Waals surface area (Å²) >= 11 is 0. The standard InChI is InChI=1S/C4H9FN2O3S/c1-6(2)4(8)7(3)11(5,9)10/h1-3H3. The molecule has 7 heteroatoms. The average Bonchev–Trinajstić information content (AvgIpc) is 1.82. The SMILES string of the molecule is CN(C)C(=O)N(C)S(=O)(=O)F. The van der Waals surface area contributed by atoms with E-state index in [1.54, 1.807) is 0 Å². The second-order valence-corrected chi connectivity index (χ2v) is 3.46. The van der Waals surface area contributed by atoms with E-state index in [-0.39, 0.29) is 4.31 Å². The molecule has 0 saturated carbocycles. The van der Waals surface area contributed by atoms with Gasteiger partial charge in [-0.2, -0.15) is 12.7 Å². The molecule has 0 aliphatic rings. The maximum Gasteiger partial charge on any atom is 0.402 e. The minimum absolute atomic E-state index is 0.0208. The molecule has 0 aromatic heterocycles. The quantitative estimate of drug-likeness (QED) is 0.531. The highest BCUT2D eigenvalue weighted by Crippen LogP contribution is 2.01. The Hall–Kier alpha value is -0.850. The molecule has 0 N–H and O–H groups in total. The first-order chi connectivity index (χ1) is 4.76. The molecule has 0 aromatic rings. The molecule has 5 nitrogen and oxygen atoms in total. The molecule has 0 spiro atoms. The normalized spacial score (nSPS) is 10.9. The van der Waals surface area contributed by atoms with Gasteiger partial charge in [0.1, 0.15) is 0 Å². The summed E-state index contributed by atoms with van der Waals surface area (Å²) in [5.74, 6) is 0. The topological polar surface area (TPSA) is 57.7 Å². The summed E-state index contributed by atoms with van der Waals surface area (Å²) in [4.78, 5) is 11.7. The maximum absolute atomic E-state index is 12.0. The van der Waals surface area contributed by atoms with Crippen molar-refractivity contribution >= 4 is 16.4 Å². The maximum atomic E-state index is 12.0. The van der Waals surface area contributed by atoms with Gasteiger partial charge in [-0.3, -0.25) is 0 Å². The summed E-state index contributed by atoms with van der Waals surface area (Å²) in [5.41, 5.74) is 0. The Bertz CT molecular complexity index is 248. The lowest BCUT2D eigenvalue weighted by atomic mass is 10.8. The van der Waals surface area contributed by atoms with Gasteiger partial charge in [0.25, 0.3) is 0 Å². The van der Waals surface area contributed by atoms with Crippen LogP contribution in [0.25, 0.3) is 0 Å². The second-order valence-electron chi connectivity index (χ2n) is 2.09. The van der Waals surface area contributed by atoms with Crippen molar-refractivity contribution in [2.45, 2.75) is 0 Å². The highest BCUT2D eigenvalue weighted by Gasteiger charge is 2.23. The number of carbonyl (C=O) groups excluding carboxylic acids is 1. The first kappa shape index (κ1) is 10.2. The third-order valence-corrected chi connectivity index (χ3v) is 1.79. The van der Waals surface area contributed by atoms with Crippen molar-refractivity contribution < 1.29 is 17.1 Å². The molecule has 0 aliphatic carbocycles. The lowest BCUT2D eigenvalue weighted by molar-refractivity contribution is 0.201. The Morgan fingerprint density at radius 2 is 1.64 bits per heavy atom. The highest BCUT2D eigenvalue weighted by atomic mass is 32.3. The van der Waals surface area contributed by atoms with Gasteiger partial charge < -0.3 is 4.90 Å². The zero-order chi connectivity index (χ0) is 9.23. The molecule has 0 rings (SSSR count). The molecule has 0 aliphatic heterocycles. The first-order valence-electron chi connectivity index (χ1n) is 2.66. The van der Waals surface area contributed by atoms with Crippen LogP contribution in [0.2, 0.25) is 0 Å². The molecular weight excluding hydrogens is 175 g/mol. The Morgan fingerprint density at radius 1 is 1.27 bits per heavy atom. The summed E-state index contributed by atoms with van der Waals surface area (Å²) in [6.45, 7) is 0. The van der Waals surface area contributed by atoms with Gasteiger partial charge in [0.15, 0.2) is 0 Å². The number of urea groups is 1. The van der Waals surface area contributed by atoms with Crippen LogP contribution in [0, 0.1) is 0 Å². The van der Waals surface area contributed by atoms with Crippen molar-refractivity contribution in [3.8, 4) is 0 Å². The van der Waals surface area contributed by atoms with Crippen molar-refractivity contribution in [2.24, 2.45) is 0 Å². The molecular formula is C4H9FN2O3S. The van der Waals surface area contributed by atoms with Crippen LogP contribution in [0.1, 0.15) is 0 Å². The number of amides is 2. The minimum atomic E-state index is -4.90. The van der Waals surface area contributed by atoms with Gasteiger partial charge in [0.05, 0.1) is 0 Å². The molecule has 0 heterocycles. The molecule has 11 heavy (non-hydrogen) atoms. The number of hydrogen-bond acceptors (Lipinski definition) is 3. The fraction of sp³-hybridized carbons (Fsp3) is 0.750. The number of halogens is 1. The van der Waals surface area contributed by atoms with E-state index in [0.29, 0.717) is 0 Å². The molecule has 0 atom stereocenters. The van der Waals surface area contributed by atoms with E-state index < -0.39 is 16.4 Å². The summed E-state index contributed by atoms with van der Waals surface area (Å²) in [6, 6.07) is -0.924. The van der Waals surface area contributed by atoms with Crippen LogP contribution in [-0.2, 0) is 10.4 Å². The smallest absolute Gasteiger partial charge is 0.330 e. The molecule has 0 bridgehead atoms. The summed E-state index contributed by atoms with van der Waals surface area (Å²) in [7, 11) is -1.41. The largest absolute Gasteiger partial charge is 0.402 e. The molecule has 0 fully saturated rings. The Kier molecular flexibility index (Phi) is 2.80. The van der Waals surface area contributed by atoms with Crippen LogP contribution in [0.4, 0.5) is 8.68 Å². The van der Waals surface area contributed by atoms with Crippen LogP contribution < -0.4 is 0 Å². The van der Waals surface area contributed by atoms with Gasteiger partial charge in [-0.25, -0.2) is 4.79 Å². The number of carbonyl (C=O) groups is 1. The molecule has 2 amide bonds. The van der Waals surface area contributed by atoms with Crippen molar-refractivity contribution in [3.05, 3.63) is 0 Å². The number of rotatable bonds is 1. The van der Waals surface area contributed by atoms with Crippen LogP contribution in [0.3, 0.4) is 0 Å². The summed E-state index contributed by atoms with van der Waals surface area (Å²) < 4.78 is 32.2. The lowest BCUT2D eigenvalue weighted by Gasteiger charge is -2.16. The van der Waals surface area contributed by atoms with Gasteiger partial charge in [-0.1, -0.05) is 3.89 Å². The zero-order valence-electron chi connectivity index (χ0n) is 6.41. The predicted molar refractivity (Wildman–Crippen MR) is 36.9 cm³/mol. The van der Waals surface area contributed by atoms with E-state index in [9.17, 15) is 17.1 Å². The third-order valence-electron chi connectivity index (χ3n) is 0.979. The molecule has 66 valence electrons. The molecule has 0 radical (unpaired) electrons. The summed E-state index contributed by atoms with van der Waals surface area (Å²) in [5, 5.41) is 0. The van der Waals surface area contributed by atoms with Crippen LogP contribution in [-0.4, -0.2) is 44.8 Å². The predicted octanol–water partition coefficient (Wildman–Crippen LogP) is -0.186. The van der Waals surface area contributed by atoms with E-state index in [4.69, 9.17) is 0 Å². The van der Waals surface area contributed by atoms with Crippen LogP contribution in [0.15, 0.2) is 0 Å². The zero-order valence-corrected chi connectivity index (χ0v) is 7.22. The Balaban J connectivity index is 4.53. The second kappa shape index (κ2) is 3.04. The highest BCUT2D eigenvalue weighted by molar-refractivity contribution is 7.84. The third kappa shape index (κ3) is 2.71. The van der Waals surface area contributed by atoms with E-state index in [0.717, 1.165) is 11.9 Å². The first-order valence-corrected chi connectivity index (χ1v) is 4.00. The van der Waals surface area contributed by atoms with Crippen LogP contribution >= 0.6 is 0 Å². The van der Waals surface area contributed by atoms with E-state index in [2.05, 4.69) is 0 Å². The van der Waals surface area contributed by atoms with Gasteiger partial charge in [-0.15, -0.1) is 0 Å². The fourth-order valence-electron chi connectivity index (χ4n) is 0.375. The monoisotopic (exact) mass is 184 g/mol. The number of nitrogens with zero attached hydrogens (tertiary/aromatic N) is 2. The summed E-state index contributed by atoms with van der Waals surface area (Å²) in [6.07, 6.45) is 0. The number of hydrogen-bond donors (Lipinski definition) is 0. The Morgan fingerprint density at radius 3 is 1.73 bits per heavy atom. The van der Waals surface area contributed by atoms with E-state index >= 15 is 0 Å². The van der Waals surface area contributed by atoms with Crippen molar-refractivity contribution in [3.63, 3.8) is 0 Å². The molecule has 0 aromatic carbocycles. The minimum Gasteiger partial charge on any atom is -0.330 e. The van der Waals surface area contributed by atoms with Crippen LogP contribution in [0.5, 0.6) is 0 Å². The van der Waals surface area contributed by atoms with Crippen molar-refractivity contribution in [1.29, 1.82) is 0 Å². The Labute approximate surface area is 64.7 Å². The van der Waals surface area contributed by atoms with Gasteiger partial charge in [0, 0.05) is 21.1 Å². The van der Waals surface area contributed by atoms with Crippen molar-refractivity contribution in [1.82, 2.24) is 9.21 Å². The fourth-order valence-corrected chi connectivity index (χ4v) is 0.725. The van der Waals surface area contributed by atoms with Gasteiger partial charge >= 0.3 is 16.4 Å².